The first-order valence-electron chi connectivity index (χ1n) is 8.85. The molecule has 1 aliphatic heterocycles. The largest absolute Gasteiger partial charge is 0.455 e. The van der Waals surface area contributed by atoms with Crippen LogP contribution < -0.4 is 0 Å². The van der Waals surface area contributed by atoms with Crippen molar-refractivity contribution in [1.29, 1.82) is 0 Å². The minimum atomic E-state index is 0.0457. The van der Waals surface area contributed by atoms with Gasteiger partial charge in [-0.3, -0.25) is 4.57 Å². The highest BCUT2D eigenvalue weighted by Crippen LogP contribution is 2.33. The van der Waals surface area contributed by atoms with Crippen molar-refractivity contribution in [3.8, 4) is 17.3 Å². The zero-order valence-electron chi connectivity index (χ0n) is 14.5. The number of aromatic nitrogens is 5. The molecule has 132 valence electrons. The van der Waals surface area contributed by atoms with Gasteiger partial charge in [-0.1, -0.05) is 11.3 Å². The van der Waals surface area contributed by atoms with Crippen molar-refractivity contribution < 1.29 is 9.15 Å². The molecule has 0 spiro atoms. The van der Waals surface area contributed by atoms with Gasteiger partial charge in [0.15, 0.2) is 11.6 Å². The lowest BCUT2D eigenvalue weighted by atomic mass is 10.1. The molecule has 7 nitrogen and oxygen atoms in total. The molecular weight excluding hydrogens is 330 g/mol. The van der Waals surface area contributed by atoms with Crippen LogP contribution in [0, 0.1) is 0 Å². The van der Waals surface area contributed by atoms with Gasteiger partial charge in [0.05, 0.1) is 11.2 Å². The number of aryl methyl sites for hydroxylation is 1. The van der Waals surface area contributed by atoms with Crippen LogP contribution in [0.15, 0.2) is 47.1 Å². The third kappa shape index (κ3) is 2.43. The Balaban J connectivity index is 1.56. The predicted molar refractivity (Wildman–Crippen MR) is 95.9 cm³/mol. The summed E-state index contributed by atoms with van der Waals surface area (Å²) in [6.07, 6.45) is 7.02. The van der Waals surface area contributed by atoms with Crippen molar-refractivity contribution in [2.75, 3.05) is 6.61 Å². The molecule has 26 heavy (non-hydrogen) atoms. The Hall–Kier alpha value is -2.93. The molecule has 1 aromatic carbocycles. The second-order valence-corrected chi connectivity index (χ2v) is 6.54. The number of ether oxygens (including phenoxy) is 1. The maximum absolute atomic E-state index is 6.10. The van der Waals surface area contributed by atoms with Crippen molar-refractivity contribution in [1.82, 2.24) is 24.5 Å². The second-order valence-electron chi connectivity index (χ2n) is 6.54. The molecular formula is C19H19N5O2. The van der Waals surface area contributed by atoms with Crippen LogP contribution in [0.3, 0.4) is 0 Å². The van der Waals surface area contributed by atoms with E-state index in [0.717, 1.165) is 53.5 Å². The number of fused-ring (bicyclic) bond motifs is 1. The monoisotopic (exact) mass is 349 g/mol. The van der Waals surface area contributed by atoms with E-state index in [4.69, 9.17) is 9.15 Å². The van der Waals surface area contributed by atoms with Gasteiger partial charge in [-0.05, 0) is 43.5 Å². The number of hydrogen-bond acceptors (Lipinski definition) is 5. The molecule has 4 heterocycles. The summed E-state index contributed by atoms with van der Waals surface area (Å²) in [4.78, 5) is 4.51. The van der Waals surface area contributed by atoms with E-state index >= 15 is 0 Å². The highest BCUT2D eigenvalue weighted by atomic mass is 16.5. The van der Waals surface area contributed by atoms with E-state index < -0.39 is 0 Å². The molecule has 1 unspecified atom stereocenters. The fourth-order valence-corrected chi connectivity index (χ4v) is 3.53. The van der Waals surface area contributed by atoms with E-state index in [1.807, 2.05) is 48.1 Å². The van der Waals surface area contributed by atoms with E-state index in [2.05, 4.69) is 15.3 Å². The molecule has 0 radical (unpaired) electrons. The third-order valence-electron chi connectivity index (χ3n) is 4.87. The maximum Gasteiger partial charge on any atom is 0.180 e. The lowest BCUT2D eigenvalue weighted by Crippen LogP contribution is -2.10. The van der Waals surface area contributed by atoms with Crippen molar-refractivity contribution in [2.24, 2.45) is 7.05 Å². The summed E-state index contributed by atoms with van der Waals surface area (Å²) >= 11 is 0. The van der Waals surface area contributed by atoms with Crippen LogP contribution in [0.5, 0.6) is 0 Å². The van der Waals surface area contributed by atoms with Gasteiger partial charge in [0.2, 0.25) is 0 Å². The Labute approximate surface area is 150 Å². The van der Waals surface area contributed by atoms with Crippen molar-refractivity contribution in [3.63, 3.8) is 0 Å². The van der Waals surface area contributed by atoms with Gasteiger partial charge in [0.1, 0.15) is 17.4 Å². The highest BCUT2D eigenvalue weighted by Gasteiger charge is 2.21. The molecule has 0 N–H and O–H groups in total. The normalized spacial score (nSPS) is 17.8. The smallest absolute Gasteiger partial charge is 0.180 e. The Morgan fingerprint density at radius 2 is 2.12 bits per heavy atom. The second kappa shape index (κ2) is 6.10. The van der Waals surface area contributed by atoms with Crippen molar-refractivity contribution in [3.05, 3.63) is 48.5 Å². The zero-order chi connectivity index (χ0) is 17.5. The number of hydrogen-bond donors (Lipinski definition) is 0. The average Bonchev–Trinajstić information content (AvgIpc) is 3.42. The molecule has 1 aliphatic rings. The van der Waals surface area contributed by atoms with Crippen LogP contribution in [0.2, 0.25) is 0 Å². The highest BCUT2D eigenvalue weighted by molar-refractivity contribution is 5.84. The molecule has 5 rings (SSSR count). The van der Waals surface area contributed by atoms with Gasteiger partial charge < -0.3 is 9.15 Å². The summed E-state index contributed by atoms with van der Waals surface area (Å²) in [6.45, 7) is 0.796. The first kappa shape index (κ1) is 15.3. The molecule has 7 heteroatoms. The first-order valence-corrected chi connectivity index (χ1v) is 8.85. The standard InChI is InChI=1S/C19H19N5O2/c1-23-13-5-4-6-14(18(13)21-22-23)24-11-10-20-19(24)17-9-8-16(26-17)15-7-2-3-12-25-15/h4-6,8-11,15H,2-3,7,12H2,1H3. The van der Waals surface area contributed by atoms with E-state index in [1.54, 1.807) is 10.9 Å². The molecule has 1 saturated heterocycles. The minimum Gasteiger partial charge on any atom is -0.455 e. The summed E-state index contributed by atoms with van der Waals surface area (Å²) in [5, 5.41) is 8.43. The molecule has 0 saturated carbocycles. The summed E-state index contributed by atoms with van der Waals surface area (Å²) in [7, 11) is 1.89. The Morgan fingerprint density at radius 1 is 1.15 bits per heavy atom. The van der Waals surface area contributed by atoms with Crippen LogP contribution in [0.25, 0.3) is 28.3 Å². The van der Waals surface area contributed by atoms with E-state index in [1.165, 1.54) is 6.42 Å². The van der Waals surface area contributed by atoms with Gasteiger partial charge in [-0.25, -0.2) is 9.67 Å². The summed E-state index contributed by atoms with van der Waals surface area (Å²) in [5.74, 6) is 2.33. The molecule has 0 amide bonds. The van der Waals surface area contributed by atoms with E-state index in [0.29, 0.717) is 0 Å². The number of benzene rings is 1. The Morgan fingerprint density at radius 3 is 3.00 bits per heavy atom. The quantitative estimate of drug-likeness (QED) is 0.564. The maximum atomic E-state index is 6.10. The fraction of sp³-hybridized carbons (Fsp3) is 0.316. The Kier molecular flexibility index (Phi) is 3.60. The molecule has 0 bridgehead atoms. The van der Waals surface area contributed by atoms with Crippen LogP contribution in [-0.2, 0) is 11.8 Å². The molecule has 1 atom stereocenters. The van der Waals surface area contributed by atoms with Crippen LogP contribution in [-0.4, -0.2) is 31.2 Å². The van der Waals surface area contributed by atoms with Gasteiger partial charge in [-0.2, -0.15) is 0 Å². The SMILES string of the molecule is Cn1nnc2c(-n3ccnc3-c3ccc(C4CCCCO4)o3)cccc21. The Bertz CT molecular complexity index is 1050. The number of imidazole rings is 1. The van der Waals surface area contributed by atoms with Gasteiger partial charge in [0, 0.05) is 26.0 Å². The molecule has 3 aromatic heterocycles. The van der Waals surface area contributed by atoms with Crippen LogP contribution in [0.1, 0.15) is 31.1 Å². The zero-order valence-corrected chi connectivity index (χ0v) is 14.5. The number of furan rings is 1. The van der Waals surface area contributed by atoms with Gasteiger partial charge in [0.25, 0.3) is 0 Å². The van der Waals surface area contributed by atoms with Crippen LogP contribution in [0.4, 0.5) is 0 Å². The van der Waals surface area contributed by atoms with Crippen LogP contribution >= 0.6 is 0 Å². The first-order chi connectivity index (χ1) is 12.8. The van der Waals surface area contributed by atoms with Crippen molar-refractivity contribution in [2.45, 2.75) is 25.4 Å². The topological polar surface area (TPSA) is 70.9 Å². The fourth-order valence-electron chi connectivity index (χ4n) is 3.53. The number of rotatable bonds is 3. The lowest BCUT2D eigenvalue weighted by Gasteiger charge is -2.20. The average molecular weight is 349 g/mol. The van der Waals surface area contributed by atoms with E-state index in [-0.39, 0.29) is 6.10 Å². The molecule has 4 aromatic rings. The van der Waals surface area contributed by atoms with Gasteiger partial charge in [-0.15, -0.1) is 5.10 Å². The predicted octanol–water partition coefficient (Wildman–Crippen LogP) is 3.66. The van der Waals surface area contributed by atoms with Crippen molar-refractivity contribution >= 4 is 11.0 Å². The van der Waals surface area contributed by atoms with Gasteiger partial charge >= 0.3 is 0 Å². The third-order valence-corrected chi connectivity index (χ3v) is 4.87. The summed E-state index contributed by atoms with van der Waals surface area (Å²) in [5.41, 5.74) is 2.73. The van der Waals surface area contributed by atoms with E-state index in [9.17, 15) is 0 Å². The minimum absolute atomic E-state index is 0.0457. The number of nitrogens with zero attached hydrogens (tertiary/aromatic N) is 5. The summed E-state index contributed by atoms with van der Waals surface area (Å²) < 4.78 is 15.7. The molecule has 1 fully saturated rings. The molecule has 0 aliphatic carbocycles. The summed E-state index contributed by atoms with van der Waals surface area (Å²) in [6, 6.07) is 9.96. The lowest BCUT2D eigenvalue weighted by molar-refractivity contribution is 0.00219.